The Morgan fingerprint density at radius 3 is 2.40 bits per heavy atom. The molecule has 3 aromatic rings. The van der Waals surface area contributed by atoms with Crippen LogP contribution >= 0.6 is 0 Å². The molecule has 3 heterocycles. The largest absolute Gasteiger partial charge is 0.433 e. The maximum absolute atomic E-state index is 13.0. The summed E-state index contributed by atoms with van der Waals surface area (Å²) in [7, 11) is 0. The first-order chi connectivity index (χ1) is 14.0. The lowest BCUT2D eigenvalue weighted by molar-refractivity contribution is -0.141. The van der Waals surface area contributed by atoms with Crippen molar-refractivity contribution in [2.24, 2.45) is 0 Å². The predicted octanol–water partition coefficient (Wildman–Crippen LogP) is 3.58. The van der Waals surface area contributed by atoms with E-state index in [9.17, 15) is 18.3 Å². The highest BCUT2D eigenvalue weighted by Gasteiger charge is 2.32. The second kappa shape index (κ2) is 8.19. The van der Waals surface area contributed by atoms with Crippen molar-refractivity contribution < 1.29 is 18.3 Å². The van der Waals surface area contributed by atoms with Crippen molar-refractivity contribution in [3.05, 3.63) is 47.9 Å². The van der Waals surface area contributed by atoms with Gasteiger partial charge in [-0.1, -0.05) is 6.07 Å². The van der Waals surface area contributed by atoms with E-state index < -0.39 is 17.5 Å². The fourth-order valence-electron chi connectivity index (χ4n) is 2.39. The Kier molecular flexibility index (Phi) is 5.83. The second-order valence-corrected chi connectivity index (χ2v) is 7.19. The molecule has 158 valence electrons. The number of nitrogens with one attached hydrogen (secondary N) is 2. The topological polar surface area (TPSA) is 109 Å². The zero-order valence-corrected chi connectivity index (χ0v) is 16.5. The zero-order valence-electron chi connectivity index (χ0n) is 16.5. The van der Waals surface area contributed by atoms with E-state index in [4.69, 9.17) is 0 Å². The first-order valence-corrected chi connectivity index (χ1v) is 8.96. The lowest BCUT2D eigenvalue weighted by Gasteiger charge is -2.18. The van der Waals surface area contributed by atoms with Crippen LogP contribution in [0.3, 0.4) is 0 Å². The molecule has 0 radical (unpaired) electrons. The Hall–Kier alpha value is -3.34. The summed E-state index contributed by atoms with van der Waals surface area (Å²) < 4.78 is 39.1. The van der Waals surface area contributed by atoms with Crippen LogP contribution in [0.25, 0.3) is 11.5 Å². The maximum Gasteiger partial charge on any atom is 0.433 e. The van der Waals surface area contributed by atoms with Crippen molar-refractivity contribution in [1.29, 1.82) is 0 Å². The van der Waals surface area contributed by atoms with E-state index in [2.05, 4.69) is 35.6 Å². The van der Waals surface area contributed by atoms with Gasteiger partial charge in [0.05, 0.1) is 5.60 Å². The summed E-state index contributed by atoms with van der Waals surface area (Å²) in [5.74, 6) is 0.125. The number of pyridine rings is 2. The van der Waals surface area contributed by atoms with Gasteiger partial charge in [0, 0.05) is 24.1 Å². The molecule has 3 rings (SSSR count). The van der Waals surface area contributed by atoms with Gasteiger partial charge >= 0.3 is 6.18 Å². The van der Waals surface area contributed by atoms with Crippen LogP contribution in [0.1, 0.15) is 25.2 Å². The summed E-state index contributed by atoms with van der Waals surface area (Å²) in [6, 6.07) is 6.94. The highest BCUT2D eigenvalue weighted by atomic mass is 19.4. The van der Waals surface area contributed by atoms with Gasteiger partial charge in [-0.15, -0.1) is 0 Å². The molecule has 0 aliphatic carbocycles. The smallest absolute Gasteiger partial charge is 0.389 e. The molecule has 3 N–H and O–H groups in total. The molecule has 11 heteroatoms. The number of aryl methyl sites for hydroxylation is 1. The molecule has 0 unspecified atom stereocenters. The number of hydrogen-bond acceptors (Lipinski definition) is 8. The van der Waals surface area contributed by atoms with Gasteiger partial charge in [-0.25, -0.2) is 4.98 Å². The summed E-state index contributed by atoms with van der Waals surface area (Å²) in [6.45, 7) is 5.11. The van der Waals surface area contributed by atoms with Gasteiger partial charge in [0.15, 0.2) is 5.82 Å². The molecule has 0 aliphatic rings. The number of halogens is 3. The van der Waals surface area contributed by atoms with Gasteiger partial charge in [-0.05, 0) is 45.0 Å². The minimum atomic E-state index is -4.60. The van der Waals surface area contributed by atoms with Crippen LogP contribution in [-0.4, -0.2) is 42.2 Å². The van der Waals surface area contributed by atoms with Crippen LogP contribution in [0.15, 0.2) is 36.5 Å². The van der Waals surface area contributed by atoms with Gasteiger partial charge in [0.1, 0.15) is 11.4 Å². The van der Waals surface area contributed by atoms with Crippen molar-refractivity contribution in [2.75, 3.05) is 17.2 Å². The summed E-state index contributed by atoms with van der Waals surface area (Å²) in [5, 5.41) is 15.8. The molecular formula is C19H20F3N7O. The quantitative estimate of drug-likeness (QED) is 0.556. The van der Waals surface area contributed by atoms with E-state index in [1.807, 2.05) is 6.92 Å². The van der Waals surface area contributed by atoms with E-state index in [-0.39, 0.29) is 30.0 Å². The molecule has 8 nitrogen and oxygen atoms in total. The third-order valence-corrected chi connectivity index (χ3v) is 3.74. The molecule has 3 aromatic heterocycles. The van der Waals surface area contributed by atoms with Crippen molar-refractivity contribution in [1.82, 2.24) is 24.9 Å². The molecule has 0 atom stereocenters. The number of alkyl halides is 3. The van der Waals surface area contributed by atoms with E-state index in [1.54, 1.807) is 32.2 Å². The number of aliphatic hydroxyl groups is 1. The van der Waals surface area contributed by atoms with Crippen LogP contribution in [0, 0.1) is 6.92 Å². The molecule has 30 heavy (non-hydrogen) atoms. The molecule has 0 spiro atoms. The number of nitrogens with zero attached hydrogens (tertiary/aromatic N) is 5. The van der Waals surface area contributed by atoms with Crippen LogP contribution in [0.2, 0.25) is 0 Å². The number of rotatable bonds is 6. The standard InChI is InChI=1S/C19H20F3N7O/c1-11-9-12(7-8-23-11)25-17-28-15(27-16(29-17)24-10-18(2,3)30)13-5-4-6-14(26-13)19(20,21)22/h4-9,30H,10H2,1-3H3,(H2,23,24,25,27,28,29). The summed E-state index contributed by atoms with van der Waals surface area (Å²) in [5.41, 5.74) is -0.769. The molecule has 0 aromatic carbocycles. The monoisotopic (exact) mass is 419 g/mol. The molecule has 0 amide bonds. The number of anilines is 3. The minimum Gasteiger partial charge on any atom is -0.389 e. The Morgan fingerprint density at radius 2 is 1.73 bits per heavy atom. The average Bonchev–Trinajstić information content (AvgIpc) is 2.65. The first kappa shape index (κ1) is 21.4. The molecule has 0 fully saturated rings. The summed E-state index contributed by atoms with van der Waals surface area (Å²) >= 11 is 0. The first-order valence-electron chi connectivity index (χ1n) is 8.96. The molecule has 0 saturated heterocycles. The normalized spacial score (nSPS) is 12.0. The van der Waals surface area contributed by atoms with Gasteiger partial charge < -0.3 is 15.7 Å². The van der Waals surface area contributed by atoms with Gasteiger partial charge in [0.25, 0.3) is 0 Å². The zero-order chi connectivity index (χ0) is 21.9. The van der Waals surface area contributed by atoms with Gasteiger partial charge in [-0.3, -0.25) is 4.98 Å². The molecule has 0 saturated carbocycles. The summed E-state index contributed by atoms with van der Waals surface area (Å²) in [6.07, 6.45) is -3.00. The SMILES string of the molecule is Cc1cc(Nc2nc(NCC(C)(C)O)nc(-c3cccc(C(F)(F)F)n3)n2)ccn1. The highest BCUT2D eigenvalue weighted by Crippen LogP contribution is 2.29. The van der Waals surface area contributed by atoms with Crippen LogP contribution in [-0.2, 0) is 6.18 Å². The fourth-order valence-corrected chi connectivity index (χ4v) is 2.39. The fraction of sp³-hybridized carbons (Fsp3) is 0.316. The minimum absolute atomic E-state index is 0.0531. The Bertz CT molecular complexity index is 1040. The van der Waals surface area contributed by atoms with E-state index in [0.29, 0.717) is 5.69 Å². The third-order valence-electron chi connectivity index (χ3n) is 3.74. The van der Waals surface area contributed by atoms with Crippen molar-refractivity contribution in [2.45, 2.75) is 32.5 Å². The third kappa shape index (κ3) is 5.83. The van der Waals surface area contributed by atoms with Crippen LogP contribution in [0.4, 0.5) is 30.8 Å². The highest BCUT2D eigenvalue weighted by molar-refractivity contribution is 5.59. The van der Waals surface area contributed by atoms with E-state index in [1.165, 1.54) is 12.1 Å². The Balaban J connectivity index is 2.01. The van der Waals surface area contributed by atoms with Crippen molar-refractivity contribution in [3.63, 3.8) is 0 Å². The molecule has 0 bridgehead atoms. The Morgan fingerprint density at radius 1 is 1.00 bits per heavy atom. The van der Waals surface area contributed by atoms with Crippen molar-refractivity contribution in [3.8, 4) is 11.5 Å². The van der Waals surface area contributed by atoms with Gasteiger partial charge in [0.2, 0.25) is 11.9 Å². The van der Waals surface area contributed by atoms with Crippen LogP contribution < -0.4 is 10.6 Å². The molecule has 0 aliphatic heterocycles. The van der Waals surface area contributed by atoms with E-state index in [0.717, 1.165) is 11.8 Å². The number of hydrogen-bond donors (Lipinski definition) is 3. The Labute approximate surface area is 170 Å². The molecular weight excluding hydrogens is 399 g/mol. The average molecular weight is 419 g/mol. The van der Waals surface area contributed by atoms with Crippen LogP contribution in [0.5, 0.6) is 0 Å². The lowest BCUT2D eigenvalue weighted by Crippen LogP contribution is -2.30. The number of aromatic nitrogens is 5. The predicted molar refractivity (Wildman–Crippen MR) is 105 cm³/mol. The second-order valence-electron chi connectivity index (χ2n) is 7.19. The van der Waals surface area contributed by atoms with Gasteiger partial charge in [-0.2, -0.15) is 28.1 Å². The van der Waals surface area contributed by atoms with Crippen molar-refractivity contribution >= 4 is 17.6 Å². The summed E-state index contributed by atoms with van der Waals surface area (Å²) in [4.78, 5) is 20.3. The maximum atomic E-state index is 13.0. The lowest BCUT2D eigenvalue weighted by atomic mass is 10.1. The van der Waals surface area contributed by atoms with E-state index >= 15 is 0 Å².